The van der Waals surface area contributed by atoms with Gasteiger partial charge in [0, 0.05) is 43.3 Å². The standard InChI is InChI=1S/C23H23FN2O5/c24-19-11-14(10-18-17(19)4-5-20(18)27)26-8-7-21(23(26)28)30-15-3-6-22(25-12-15)31-16-2-1-9-29-13-16/h3,6,10-12,16,21H,1-2,4-5,7-9,13H2. The second-order valence-corrected chi connectivity index (χ2v) is 8.05. The first-order chi connectivity index (χ1) is 15.1. The monoisotopic (exact) mass is 426 g/mol. The number of hydrogen-bond acceptors (Lipinski definition) is 6. The van der Waals surface area contributed by atoms with Gasteiger partial charge in [0.1, 0.15) is 17.7 Å². The largest absolute Gasteiger partial charge is 0.479 e. The van der Waals surface area contributed by atoms with Gasteiger partial charge in [-0.3, -0.25) is 9.59 Å². The van der Waals surface area contributed by atoms with Crippen LogP contribution >= 0.6 is 0 Å². The van der Waals surface area contributed by atoms with E-state index in [9.17, 15) is 14.0 Å². The molecule has 0 saturated carbocycles. The van der Waals surface area contributed by atoms with E-state index in [1.54, 1.807) is 18.2 Å². The highest BCUT2D eigenvalue weighted by molar-refractivity contribution is 6.04. The minimum Gasteiger partial charge on any atom is -0.479 e. The van der Waals surface area contributed by atoms with Crippen LogP contribution in [0.15, 0.2) is 30.5 Å². The van der Waals surface area contributed by atoms with Gasteiger partial charge < -0.3 is 19.1 Å². The molecule has 8 heteroatoms. The summed E-state index contributed by atoms with van der Waals surface area (Å²) in [5.74, 6) is 0.176. The molecule has 3 heterocycles. The third-order valence-electron chi connectivity index (χ3n) is 5.94. The van der Waals surface area contributed by atoms with Gasteiger partial charge in [0.05, 0.1) is 12.8 Å². The topological polar surface area (TPSA) is 78.0 Å². The van der Waals surface area contributed by atoms with E-state index >= 15 is 0 Å². The Bertz CT molecular complexity index is 1000. The van der Waals surface area contributed by atoms with Crippen LogP contribution in [0.3, 0.4) is 0 Å². The molecule has 7 nitrogen and oxygen atoms in total. The summed E-state index contributed by atoms with van der Waals surface area (Å²) in [6.07, 6.45) is 3.93. The van der Waals surface area contributed by atoms with Crippen molar-refractivity contribution < 1.29 is 28.2 Å². The molecule has 31 heavy (non-hydrogen) atoms. The molecule has 0 radical (unpaired) electrons. The number of ether oxygens (including phenoxy) is 3. The number of halogens is 1. The summed E-state index contributed by atoms with van der Waals surface area (Å²) in [5.41, 5.74) is 1.23. The SMILES string of the molecule is O=C1CCc2c(F)cc(N3CCC(Oc4ccc(OC5CCCOC5)nc4)C3=O)cc21. The van der Waals surface area contributed by atoms with E-state index in [1.807, 2.05) is 0 Å². The number of pyridine rings is 1. The molecule has 2 aromatic rings. The molecule has 2 atom stereocenters. The van der Waals surface area contributed by atoms with E-state index in [0.29, 0.717) is 60.9 Å². The molecular formula is C23H23FN2O5. The smallest absolute Gasteiger partial charge is 0.268 e. The first kappa shape index (κ1) is 19.9. The first-order valence-corrected chi connectivity index (χ1v) is 10.6. The Hall–Kier alpha value is -3.00. The number of fused-ring (bicyclic) bond motifs is 1. The molecule has 2 unspecified atom stereocenters. The van der Waals surface area contributed by atoms with Crippen LogP contribution in [-0.4, -0.2) is 48.6 Å². The second kappa shape index (κ2) is 8.26. The van der Waals surface area contributed by atoms with Gasteiger partial charge in [-0.25, -0.2) is 9.37 Å². The van der Waals surface area contributed by atoms with Gasteiger partial charge >= 0.3 is 0 Å². The van der Waals surface area contributed by atoms with E-state index in [-0.39, 0.29) is 17.8 Å². The maximum atomic E-state index is 14.4. The van der Waals surface area contributed by atoms with E-state index in [0.717, 1.165) is 19.4 Å². The lowest BCUT2D eigenvalue weighted by molar-refractivity contribution is -0.122. The Morgan fingerprint density at radius 2 is 2.03 bits per heavy atom. The predicted molar refractivity (Wildman–Crippen MR) is 109 cm³/mol. The lowest BCUT2D eigenvalue weighted by Crippen LogP contribution is -2.32. The molecule has 2 aliphatic heterocycles. The van der Waals surface area contributed by atoms with Crippen molar-refractivity contribution in [3.05, 3.63) is 47.4 Å². The Labute approximate surface area is 179 Å². The van der Waals surface area contributed by atoms with Gasteiger partial charge in [0.25, 0.3) is 5.91 Å². The van der Waals surface area contributed by atoms with Gasteiger partial charge in [-0.15, -0.1) is 0 Å². The fourth-order valence-electron chi connectivity index (χ4n) is 4.32. The van der Waals surface area contributed by atoms with Crippen LogP contribution in [-0.2, 0) is 16.0 Å². The number of Topliss-reactive ketones (excluding diaryl/α,β-unsaturated/α-hetero) is 1. The lowest BCUT2D eigenvalue weighted by Gasteiger charge is -2.22. The van der Waals surface area contributed by atoms with Crippen molar-refractivity contribution in [3.8, 4) is 11.6 Å². The van der Waals surface area contributed by atoms with Gasteiger partial charge in [-0.2, -0.15) is 0 Å². The number of anilines is 1. The zero-order valence-electron chi connectivity index (χ0n) is 17.0. The van der Waals surface area contributed by atoms with Gasteiger partial charge in [-0.1, -0.05) is 0 Å². The van der Waals surface area contributed by atoms with Crippen molar-refractivity contribution in [1.29, 1.82) is 0 Å². The van der Waals surface area contributed by atoms with E-state index in [2.05, 4.69) is 4.98 Å². The number of nitrogens with zero attached hydrogens (tertiary/aromatic N) is 2. The summed E-state index contributed by atoms with van der Waals surface area (Å²) < 4.78 is 31.4. The van der Waals surface area contributed by atoms with Crippen LogP contribution < -0.4 is 14.4 Å². The number of hydrogen-bond donors (Lipinski definition) is 0. The summed E-state index contributed by atoms with van der Waals surface area (Å²) in [4.78, 5) is 30.6. The van der Waals surface area contributed by atoms with Gasteiger partial charge in [0.15, 0.2) is 11.9 Å². The maximum absolute atomic E-state index is 14.4. The third-order valence-corrected chi connectivity index (χ3v) is 5.94. The Morgan fingerprint density at radius 1 is 1.13 bits per heavy atom. The minimum atomic E-state index is -0.688. The quantitative estimate of drug-likeness (QED) is 0.731. The van der Waals surface area contributed by atoms with Crippen molar-refractivity contribution in [2.75, 3.05) is 24.7 Å². The normalized spacial score (nSPS) is 23.2. The molecule has 162 valence electrons. The Kier molecular flexibility index (Phi) is 5.31. The summed E-state index contributed by atoms with van der Waals surface area (Å²) in [5, 5.41) is 0. The number of rotatable bonds is 5. The Morgan fingerprint density at radius 3 is 2.81 bits per heavy atom. The summed E-state index contributed by atoms with van der Waals surface area (Å²) >= 11 is 0. The van der Waals surface area contributed by atoms with Crippen LogP contribution in [0.4, 0.5) is 10.1 Å². The van der Waals surface area contributed by atoms with Crippen LogP contribution in [0.25, 0.3) is 0 Å². The number of benzene rings is 1. The van der Waals surface area contributed by atoms with Crippen molar-refractivity contribution in [2.24, 2.45) is 0 Å². The molecule has 1 aromatic carbocycles. The second-order valence-electron chi connectivity index (χ2n) is 8.05. The number of amides is 1. The molecule has 0 bridgehead atoms. The van der Waals surface area contributed by atoms with Crippen LogP contribution in [0.5, 0.6) is 11.6 Å². The zero-order valence-corrected chi connectivity index (χ0v) is 17.0. The van der Waals surface area contributed by atoms with Crippen molar-refractivity contribution in [2.45, 2.75) is 44.3 Å². The van der Waals surface area contributed by atoms with Crippen molar-refractivity contribution in [1.82, 2.24) is 4.98 Å². The summed E-state index contributed by atoms with van der Waals surface area (Å²) in [7, 11) is 0. The minimum absolute atomic E-state index is 0.00224. The lowest BCUT2D eigenvalue weighted by atomic mass is 10.1. The van der Waals surface area contributed by atoms with Gasteiger partial charge in [-0.05, 0) is 43.0 Å². The molecule has 0 N–H and O–H groups in total. The fourth-order valence-corrected chi connectivity index (χ4v) is 4.32. The molecule has 0 spiro atoms. The predicted octanol–water partition coefficient (Wildman–Crippen LogP) is 3.09. The van der Waals surface area contributed by atoms with E-state index in [1.165, 1.54) is 17.2 Å². The number of aromatic nitrogens is 1. The summed E-state index contributed by atoms with van der Waals surface area (Å²) in [6, 6.07) is 6.38. The van der Waals surface area contributed by atoms with Crippen LogP contribution in [0.2, 0.25) is 0 Å². The molecule has 5 rings (SSSR count). The molecular weight excluding hydrogens is 403 g/mol. The van der Waals surface area contributed by atoms with Crippen molar-refractivity contribution >= 4 is 17.4 Å². The average molecular weight is 426 g/mol. The van der Waals surface area contributed by atoms with E-state index < -0.39 is 11.9 Å². The number of carbonyl (C=O) groups is 2. The van der Waals surface area contributed by atoms with Gasteiger partial charge in [0.2, 0.25) is 5.88 Å². The highest BCUT2D eigenvalue weighted by Crippen LogP contribution is 2.32. The molecule has 3 aliphatic rings. The molecule has 1 aromatic heterocycles. The zero-order chi connectivity index (χ0) is 21.4. The maximum Gasteiger partial charge on any atom is 0.268 e. The van der Waals surface area contributed by atoms with Crippen LogP contribution in [0.1, 0.15) is 41.6 Å². The van der Waals surface area contributed by atoms with Crippen LogP contribution in [0, 0.1) is 5.82 Å². The first-order valence-electron chi connectivity index (χ1n) is 10.6. The molecule has 1 amide bonds. The highest BCUT2D eigenvalue weighted by atomic mass is 19.1. The average Bonchev–Trinajstić information content (AvgIpc) is 3.33. The summed E-state index contributed by atoms with van der Waals surface area (Å²) in [6.45, 7) is 1.72. The number of ketones is 1. The molecule has 1 aliphatic carbocycles. The molecule has 2 saturated heterocycles. The third kappa shape index (κ3) is 3.99. The highest BCUT2D eigenvalue weighted by Gasteiger charge is 2.36. The molecule has 2 fully saturated rings. The fraction of sp³-hybridized carbons (Fsp3) is 0.435. The van der Waals surface area contributed by atoms with E-state index in [4.69, 9.17) is 14.2 Å². The Balaban J connectivity index is 1.24. The van der Waals surface area contributed by atoms with Crippen molar-refractivity contribution in [3.63, 3.8) is 0 Å². The number of carbonyl (C=O) groups excluding carboxylic acids is 2.